The van der Waals surface area contributed by atoms with Crippen molar-refractivity contribution in [2.24, 2.45) is 0 Å². The summed E-state index contributed by atoms with van der Waals surface area (Å²) in [7, 11) is 0. The van der Waals surface area contributed by atoms with Gasteiger partial charge in [0.2, 0.25) is 0 Å². The van der Waals surface area contributed by atoms with Gasteiger partial charge in [-0.05, 0) is 6.07 Å². The zero-order valence-corrected chi connectivity index (χ0v) is 8.37. The van der Waals surface area contributed by atoms with E-state index in [0.29, 0.717) is 5.69 Å². The maximum absolute atomic E-state index is 13.2. The topological polar surface area (TPSA) is 55.6 Å². The van der Waals surface area contributed by atoms with Crippen LogP contribution in [0.1, 0.15) is 0 Å². The molecule has 0 amide bonds. The van der Waals surface area contributed by atoms with E-state index in [1.807, 2.05) is 0 Å². The van der Waals surface area contributed by atoms with Crippen LogP contribution in [0.5, 0.6) is 5.75 Å². The Kier molecular flexibility index (Phi) is 2.41. The highest BCUT2D eigenvalue weighted by Crippen LogP contribution is 2.34. The first-order chi connectivity index (χ1) is 7.61. The van der Waals surface area contributed by atoms with Crippen molar-refractivity contribution in [1.82, 2.24) is 0 Å². The van der Waals surface area contributed by atoms with Gasteiger partial charge >= 0.3 is 5.97 Å². The molecule has 0 aliphatic carbocycles. The molecule has 2 N–H and O–H groups in total. The standard InChI is InChI=1S/C11H9FN2O2/c1-2-3-14-6-11(15)16-10-4-7(12)8(13)5-9(10)14/h1,4-5H,3,6,13H2. The number of hydrogen-bond donors (Lipinski definition) is 1. The van der Waals surface area contributed by atoms with Gasteiger partial charge in [0.05, 0.1) is 17.9 Å². The van der Waals surface area contributed by atoms with Gasteiger partial charge < -0.3 is 15.4 Å². The number of ether oxygens (including phenoxy) is 1. The molecule has 0 unspecified atom stereocenters. The summed E-state index contributed by atoms with van der Waals surface area (Å²) in [5, 5.41) is 0. The van der Waals surface area contributed by atoms with Crippen molar-refractivity contribution in [3.8, 4) is 18.1 Å². The van der Waals surface area contributed by atoms with E-state index in [1.165, 1.54) is 6.07 Å². The lowest BCUT2D eigenvalue weighted by Gasteiger charge is -2.28. The number of fused-ring (bicyclic) bond motifs is 1. The fourth-order valence-electron chi connectivity index (χ4n) is 1.54. The average molecular weight is 220 g/mol. The van der Waals surface area contributed by atoms with Gasteiger partial charge in [0.1, 0.15) is 12.4 Å². The average Bonchev–Trinajstić information content (AvgIpc) is 2.21. The highest BCUT2D eigenvalue weighted by atomic mass is 19.1. The third kappa shape index (κ3) is 1.65. The van der Waals surface area contributed by atoms with Gasteiger partial charge in [0, 0.05) is 6.07 Å². The van der Waals surface area contributed by atoms with Crippen molar-refractivity contribution in [3.05, 3.63) is 17.9 Å². The number of hydrogen-bond acceptors (Lipinski definition) is 4. The number of nitrogens with zero attached hydrogens (tertiary/aromatic N) is 1. The van der Waals surface area contributed by atoms with Crippen molar-refractivity contribution in [1.29, 1.82) is 0 Å². The van der Waals surface area contributed by atoms with E-state index in [-0.39, 0.29) is 24.5 Å². The van der Waals surface area contributed by atoms with Crippen LogP contribution < -0.4 is 15.4 Å². The van der Waals surface area contributed by atoms with Crippen molar-refractivity contribution >= 4 is 17.3 Å². The molecule has 0 fully saturated rings. The van der Waals surface area contributed by atoms with E-state index in [0.717, 1.165) is 6.07 Å². The smallest absolute Gasteiger partial charge is 0.331 e. The number of terminal acetylenes is 1. The minimum Gasteiger partial charge on any atom is -0.423 e. The first-order valence-corrected chi connectivity index (χ1v) is 4.60. The van der Waals surface area contributed by atoms with E-state index in [9.17, 15) is 9.18 Å². The van der Waals surface area contributed by atoms with Crippen molar-refractivity contribution < 1.29 is 13.9 Å². The molecule has 1 aromatic rings. The van der Waals surface area contributed by atoms with Gasteiger partial charge in [0.25, 0.3) is 0 Å². The second-order valence-electron chi connectivity index (χ2n) is 3.38. The van der Waals surface area contributed by atoms with Crippen molar-refractivity contribution in [2.75, 3.05) is 23.7 Å². The molecule has 5 heteroatoms. The fourth-order valence-corrected chi connectivity index (χ4v) is 1.54. The Morgan fingerprint density at radius 3 is 3.06 bits per heavy atom. The van der Waals surface area contributed by atoms with Gasteiger partial charge in [0.15, 0.2) is 5.75 Å². The number of carbonyl (C=O) groups is 1. The largest absolute Gasteiger partial charge is 0.423 e. The second kappa shape index (κ2) is 3.74. The summed E-state index contributed by atoms with van der Waals surface area (Å²) in [4.78, 5) is 12.8. The highest BCUT2D eigenvalue weighted by molar-refractivity contribution is 5.85. The van der Waals surface area contributed by atoms with Gasteiger partial charge in [-0.2, -0.15) is 0 Å². The van der Waals surface area contributed by atoms with Crippen LogP contribution in [-0.2, 0) is 4.79 Å². The summed E-state index contributed by atoms with van der Waals surface area (Å²) in [5.74, 6) is 1.49. The third-order valence-corrected chi connectivity index (χ3v) is 2.24. The molecule has 0 atom stereocenters. The van der Waals surface area contributed by atoms with E-state index >= 15 is 0 Å². The Labute approximate surface area is 91.8 Å². The molecule has 82 valence electrons. The summed E-state index contributed by atoms with van der Waals surface area (Å²) < 4.78 is 18.1. The van der Waals surface area contributed by atoms with Gasteiger partial charge in [-0.15, -0.1) is 6.42 Å². The minimum atomic E-state index is -0.617. The summed E-state index contributed by atoms with van der Waals surface area (Å²) in [6, 6.07) is 2.50. The number of halogens is 1. The highest BCUT2D eigenvalue weighted by Gasteiger charge is 2.24. The van der Waals surface area contributed by atoms with Crippen LogP contribution in [0.4, 0.5) is 15.8 Å². The lowest BCUT2D eigenvalue weighted by molar-refractivity contribution is -0.133. The lowest BCUT2D eigenvalue weighted by atomic mass is 10.2. The SMILES string of the molecule is C#CCN1CC(=O)Oc2cc(F)c(N)cc21. The van der Waals surface area contributed by atoms with E-state index < -0.39 is 11.8 Å². The normalized spacial score (nSPS) is 14.0. The molecular weight excluding hydrogens is 211 g/mol. The Balaban J connectivity index is 2.49. The molecule has 1 aliphatic heterocycles. The summed E-state index contributed by atoms with van der Waals surface area (Å²) in [6.07, 6.45) is 5.18. The van der Waals surface area contributed by atoms with Crippen molar-refractivity contribution in [2.45, 2.75) is 0 Å². The van der Waals surface area contributed by atoms with Crippen LogP contribution >= 0.6 is 0 Å². The Morgan fingerprint density at radius 1 is 1.62 bits per heavy atom. The van der Waals surface area contributed by atoms with E-state index in [4.69, 9.17) is 16.9 Å². The molecule has 0 spiro atoms. The van der Waals surface area contributed by atoms with E-state index in [1.54, 1.807) is 4.90 Å². The van der Waals surface area contributed by atoms with Gasteiger partial charge in [-0.1, -0.05) is 5.92 Å². The van der Waals surface area contributed by atoms with Crippen molar-refractivity contribution in [3.63, 3.8) is 0 Å². The molecule has 0 radical (unpaired) electrons. The molecule has 1 heterocycles. The van der Waals surface area contributed by atoms with Gasteiger partial charge in [-0.3, -0.25) is 0 Å². The molecule has 16 heavy (non-hydrogen) atoms. The zero-order chi connectivity index (χ0) is 11.7. The Bertz CT molecular complexity index is 493. The molecule has 1 aromatic carbocycles. The number of anilines is 2. The van der Waals surface area contributed by atoms with Gasteiger partial charge in [-0.25, -0.2) is 9.18 Å². The number of rotatable bonds is 1. The van der Waals surface area contributed by atoms with Crippen LogP contribution in [0, 0.1) is 18.2 Å². The summed E-state index contributed by atoms with van der Waals surface area (Å²) >= 11 is 0. The molecule has 0 saturated carbocycles. The quantitative estimate of drug-likeness (QED) is 0.328. The van der Waals surface area contributed by atoms with Crippen LogP contribution in [0.25, 0.3) is 0 Å². The van der Waals surface area contributed by atoms with Crippen LogP contribution in [0.2, 0.25) is 0 Å². The fraction of sp³-hybridized carbons (Fsp3) is 0.182. The minimum absolute atomic E-state index is 0.00118. The molecule has 0 saturated heterocycles. The first kappa shape index (κ1) is 10.3. The number of nitrogen functional groups attached to an aromatic ring is 1. The van der Waals surface area contributed by atoms with E-state index in [2.05, 4.69) is 5.92 Å². The second-order valence-corrected chi connectivity index (χ2v) is 3.38. The predicted octanol–water partition coefficient (Wildman–Crippen LogP) is 0.767. The molecular formula is C11H9FN2O2. The Morgan fingerprint density at radius 2 is 2.38 bits per heavy atom. The number of benzene rings is 1. The monoisotopic (exact) mass is 220 g/mol. The Hall–Kier alpha value is -2.22. The van der Waals surface area contributed by atoms with Crippen LogP contribution in [0.15, 0.2) is 12.1 Å². The summed E-state index contributed by atoms with van der Waals surface area (Å²) in [6.45, 7) is 0.287. The first-order valence-electron chi connectivity index (χ1n) is 4.60. The van der Waals surface area contributed by atoms with Crippen LogP contribution in [0.3, 0.4) is 0 Å². The number of nitrogens with two attached hydrogens (primary N) is 1. The third-order valence-electron chi connectivity index (χ3n) is 2.24. The molecule has 0 aromatic heterocycles. The molecule has 1 aliphatic rings. The zero-order valence-electron chi connectivity index (χ0n) is 8.37. The molecule has 2 rings (SSSR count). The summed E-state index contributed by atoms with van der Waals surface area (Å²) in [5.41, 5.74) is 5.98. The lowest BCUT2D eigenvalue weighted by Crippen LogP contribution is -2.37. The number of carbonyl (C=O) groups excluding carboxylic acids is 1. The molecule has 0 bridgehead atoms. The maximum atomic E-state index is 13.2. The molecule has 4 nitrogen and oxygen atoms in total. The van der Waals surface area contributed by atoms with Crippen LogP contribution in [-0.4, -0.2) is 19.1 Å². The number of esters is 1. The predicted molar refractivity (Wildman–Crippen MR) is 57.5 cm³/mol. The maximum Gasteiger partial charge on any atom is 0.331 e.